The summed E-state index contributed by atoms with van der Waals surface area (Å²) >= 11 is 0. The number of aromatic amines is 1. The summed E-state index contributed by atoms with van der Waals surface area (Å²) in [6.45, 7) is 4.14. The van der Waals surface area contributed by atoms with Gasteiger partial charge in [-0.2, -0.15) is 4.98 Å². The molecule has 196 valence electrons. The number of carbonyl (C=O) groups is 1. The van der Waals surface area contributed by atoms with Crippen molar-refractivity contribution in [1.29, 1.82) is 0 Å². The number of nitrogens with one attached hydrogen (secondary N) is 1. The number of aliphatic hydroxyl groups is 1. The largest absolute Gasteiger partial charge is 0.461 e. The Kier molecular flexibility index (Phi) is 7.42. The number of H-pyrrole nitrogens is 1. The van der Waals surface area contributed by atoms with Crippen LogP contribution in [0.1, 0.15) is 19.0 Å². The van der Waals surface area contributed by atoms with Crippen LogP contribution in [0.15, 0.2) is 36.5 Å². The van der Waals surface area contributed by atoms with Crippen molar-refractivity contribution in [1.82, 2.24) is 24.8 Å². The van der Waals surface area contributed by atoms with E-state index in [1.54, 1.807) is 23.1 Å². The van der Waals surface area contributed by atoms with Gasteiger partial charge in [-0.1, -0.05) is 0 Å². The topological polar surface area (TPSA) is 132 Å². The maximum Gasteiger partial charge on any atom is 0.317 e. The van der Waals surface area contributed by atoms with Gasteiger partial charge in [0.05, 0.1) is 55.5 Å². The van der Waals surface area contributed by atoms with E-state index in [-0.39, 0.29) is 44.2 Å². The Morgan fingerprint density at radius 2 is 1.92 bits per heavy atom. The monoisotopic (exact) mass is 513 g/mol. The SMILES string of the molecule is CC1(C(=O)N2CCOCC2)COC(c2nc(-c3ccc(F)cc3)c(-c3ccnc(OCCO)n3)[nH]2)OC1. The molecule has 0 spiro atoms. The summed E-state index contributed by atoms with van der Waals surface area (Å²) < 4.78 is 36.3. The van der Waals surface area contributed by atoms with Crippen molar-refractivity contribution < 1.29 is 33.2 Å². The van der Waals surface area contributed by atoms with Gasteiger partial charge >= 0.3 is 6.01 Å². The first-order chi connectivity index (χ1) is 18.0. The Labute approximate surface area is 212 Å². The minimum atomic E-state index is -0.842. The van der Waals surface area contributed by atoms with Crippen LogP contribution in [-0.2, 0) is 19.0 Å². The molecule has 0 radical (unpaired) electrons. The molecule has 0 atom stereocenters. The number of halogens is 1. The molecule has 0 bridgehead atoms. The lowest BCUT2D eigenvalue weighted by Crippen LogP contribution is -2.53. The van der Waals surface area contributed by atoms with Gasteiger partial charge in [-0.15, -0.1) is 0 Å². The molecule has 0 saturated carbocycles. The van der Waals surface area contributed by atoms with E-state index >= 15 is 0 Å². The molecule has 0 unspecified atom stereocenters. The number of hydrogen-bond donors (Lipinski definition) is 2. The van der Waals surface area contributed by atoms with Gasteiger partial charge in [0.15, 0.2) is 5.82 Å². The van der Waals surface area contributed by atoms with Gasteiger partial charge in [-0.05, 0) is 37.3 Å². The molecule has 11 nitrogen and oxygen atoms in total. The number of morpholine rings is 1. The second-order valence-corrected chi connectivity index (χ2v) is 9.07. The lowest BCUT2D eigenvalue weighted by Gasteiger charge is -2.39. The highest BCUT2D eigenvalue weighted by Crippen LogP contribution is 2.36. The van der Waals surface area contributed by atoms with Gasteiger partial charge in [0.25, 0.3) is 0 Å². The second-order valence-electron chi connectivity index (χ2n) is 9.07. The van der Waals surface area contributed by atoms with Crippen LogP contribution in [0.4, 0.5) is 4.39 Å². The zero-order valence-electron chi connectivity index (χ0n) is 20.4. The zero-order valence-corrected chi connectivity index (χ0v) is 20.4. The molecule has 2 aromatic heterocycles. The summed E-state index contributed by atoms with van der Waals surface area (Å²) in [6, 6.07) is 7.69. The highest BCUT2D eigenvalue weighted by molar-refractivity contribution is 5.83. The number of carbonyl (C=O) groups excluding carboxylic acids is 1. The maximum absolute atomic E-state index is 13.6. The lowest BCUT2D eigenvalue weighted by molar-refractivity contribution is -0.235. The Morgan fingerprint density at radius 1 is 1.19 bits per heavy atom. The minimum Gasteiger partial charge on any atom is -0.461 e. The molecule has 2 fully saturated rings. The van der Waals surface area contributed by atoms with E-state index in [2.05, 4.69) is 15.0 Å². The summed E-state index contributed by atoms with van der Waals surface area (Å²) in [7, 11) is 0. The zero-order chi connectivity index (χ0) is 25.8. The van der Waals surface area contributed by atoms with E-state index in [1.807, 2.05) is 6.92 Å². The van der Waals surface area contributed by atoms with Gasteiger partial charge in [-0.25, -0.2) is 14.4 Å². The molecule has 5 rings (SSSR count). The standard InChI is InChI=1S/C25H28FN5O6/c1-25(23(33)31-8-11-34-12-9-31)14-36-22(37-15-25)21-29-19(16-2-4-17(26)5-3-16)20(30-21)18-6-7-27-24(28-18)35-13-10-32/h2-7,22,32H,8-15H2,1H3,(H,29,30). The molecular formula is C25H28FN5O6. The van der Waals surface area contributed by atoms with Crippen LogP contribution in [0.3, 0.4) is 0 Å². The number of aliphatic hydroxyl groups excluding tert-OH is 1. The van der Waals surface area contributed by atoms with Crippen molar-refractivity contribution in [3.63, 3.8) is 0 Å². The van der Waals surface area contributed by atoms with E-state index in [0.29, 0.717) is 54.8 Å². The van der Waals surface area contributed by atoms with Crippen molar-refractivity contribution in [2.45, 2.75) is 13.2 Å². The summed E-state index contributed by atoms with van der Waals surface area (Å²) in [4.78, 5) is 31.3. The quantitative estimate of drug-likeness (QED) is 0.487. The molecule has 2 aliphatic heterocycles. The summed E-state index contributed by atoms with van der Waals surface area (Å²) in [5.74, 6) is -0.0182. The summed E-state index contributed by atoms with van der Waals surface area (Å²) in [6.07, 6.45) is 0.686. The summed E-state index contributed by atoms with van der Waals surface area (Å²) in [5.41, 5.74) is 1.34. The van der Waals surface area contributed by atoms with Crippen molar-refractivity contribution >= 4 is 5.91 Å². The first-order valence-electron chi connectivity index (χ1n) is 12.0. The van der Waals surface area contributed by atoms with E-state index in [1.165, 1.54) is 18.3 Å². The minimum absolute atomic E-state index is 0.0298. The van der Waals surface area contributed by atoms with Crippen molar-refractivity contribution in [2.24, 2.45) is 5.41 Å². The number of nitrogens with zero attached hydrogens (tertiary/aromatic N) is 4. The van der Waals surface area contributed by atoms with Crippen LogP contribution in [0, 0.1) is 11.2 Å². The number of imidazole rings is 1. The van der Waals surface area contributed by atoms with Crippen LogP contribution in [0.2, 0.25) is 0 Å². The average molecular weight is 514 g/mol. The number of amides is 1. The predicted octanol–water partition coefficient (Wildman–Crippen LogP) is 1.95. The van der Waals surface area contributed by atoms with E-state index in [4.69, 9.17) is 29.0 Å². The van der Waals surface area contributed by atoms with Gasteiger partial charge < -0.3 is 33.9 Å². The predicted molar refractivity (Wildman–Crippen MR) is 128 cm³/mol. The first kappa shape index (κ1) is 25.2. The average Bonchev–Trinajstić information content (AvgIpc) is 3.38. The fourth-order valence-electron chi connectivity index (χ4n) is 4.23. The number of ether oxygens (including phenoxy) is 4. The van der Waals surface area contributed by atoms with Gasteiger partial charge in [0.1, 0.15) is 12.4 Å². The number of rotatable bonds is 7. The first-order valence-corrected chi connectivity index (χ1v) is 12.0. The molecular weight excluding hydrogens is 485 g/mol. The van der Waals surface area contributed by atoms with Crippen LogP contribution >= 0.6 is 0 Å². The number of hydrogen-bond acceptors (Lipinski definition) is 9. The summed E-state index contributed by atoms with van der Waals surface area (Å²) in [5, 5.41) is 9.04. The van der Waals surface area contributed by atoms with Crippen molar-refractivity contribution in [2.75, 3.05) is 52.7 Å². The van der Waals surface area contributed by atoms with Crippen LogP contribution in [-0.4, -0.2) is 88.6 Å². The molecule has 0 aliphatic carbocycles. The van der Waals surface area contributed by atoms with Crippen LogP contribution < -0.4 is 4.74 Å². The molecule has 12 heteroatoms. The van der Waals surface area contributed by atoms with E-state index in [9.17, 15) is 9.18 Å². The molecule has 4 heterocycles. The van der Waals surface area contributed by atoms with Crippen molar-refractivity contribution in [3.05, 3.63) is 48.2 Å². The highest BCUT2D eigenvalue weighted by Gasteiger charge is 2.43. The molecule has 37 heavy (non-hydrogen) atoms. The molecule has 2 N–H and O–H groups in total. The number of benzene rings is 1. The van der Waals surface area contributed by atoms with E-state index < -0.39 is 11.7 Å². The van der Waals surface area contributed by atoms with Crippen LogP contribution in [0.25, 0.3) is 22.6 Å². The molecule has 2 aliphatic rings. The molecule has 1 aromatic carbocycles. The third kappa shape index (κ3) is 5.47. The van der Waals surface area contributed by atoms with Gasteiger partial charge in [0, 0.05) is 24.8 Å². The third-order valence-electron chi connectivity index (χ3n) is 6.20. The fraction of sp³-hybridized carbons (Fsp3) is 0.440. The third-order valence-corrected chi connectivity index (χ3v) is 6.20. The Bertz CT molecular complexity index is 1220. The Balaban J connectivity index is 1.40. The Morgan fingerprint density at radius 3 is 2.62 bits per heavy atom. The van der Waals surface area contributed by atoms with Gasteiger partial charge in [-0.3, -0.25) is 4.79 Å². The van der Waals surface area contributed by atoms with Gasteiger partial charge in [0.2, 0.25) is 12.2 Å². The smallest absolute Gasteiger partial charge is 0.317 e. The Hall–Kier alpha value is -3.45. The lowest BCUT2D eigenvalue weighted by atomic mass is 9.90. The van der Waals surface area contributed by atoms with Crippen LogP contribution in [0.5, 0.6) is 6.01 Å². The number of aromatic nitrogens is 4. The van der Waals surface area contributed by atoms with E-state index in [0.717, 1.165) is 0 Å². The maximum atomic E-state index is 13.6. The molecule has 1 amide bonds. The normalized spacial score (nSPS) is 22.1. The highest BCUT2D eigenvalue weighted by atomic mass is 19.1. The van der Waals surface area contributed by atoms with Crippen molar-refractivity contribution in [3.8, 4) is 28.7 Å². The fourth-order valence-corrected chi connectivity index (χ4v) is 4.23. The second kappa shape index (κ2) is 10.9. The molecule has 3 aromatic rings. The molecule has 2 saturated heterocycles.